The summed E-state index contributed by atoms with van der Waals surface area (Å²) in [5, 5.41) is 11.6. The van der Waals surface area contributed by atoms with Crippen molar-refractivity contribution in [1.82, 2.24) is 19.9 Å². The molecule has 41 heavy (non-hydrogen) atoms. The largest absolute Gasteiger partial charge is 0.454 e. The molecular weight excluding hydrogens is 549 g/mol. The zero-order valence-electron chi connectivity index (χ0n) is 21.5. The maximum absolute atomic E-state index is 14.9. The Morgan fingerprint density at radius 3 is 2.56 bits per heavy atom. The number of hydrogen-bond acceptors (Lipinski definition) is 6. The summed E-state index contributed by atoms with van der Waals surface area (Å²) in [4.78, 5) is 29.4. The SMILES string of the molecule is O=C(Nc1ccc2c(c1)OCO2)[C@H](c1ccc(Cl)cc1)N(Cc1ccccc1F)C(=O)Cn1nnc2ccccc21. The molecule has 0 fully saturated rings. The third-order valence-electron chi connectivity index (χ3n) is 6.71. The van der Waals surface area contributed by atoms with Crippen molar-refractivity contribution in [2.75, 3.05) is 12.1 Å². The predicted octanol–water partition coefficient (Wildman–Crippen LogP) is 5.36. The highest BCUT2D eigenvalue weighted by Gasteiger charge is 2.33. The van der Waals surface area contributed by atoms with Crippen molar-refractivity contribution in [3.05, 3.63) is 113 Å². The van der Waals surface area contributed by atoms with E-state index in [-0.39, 0.29) is 25.4 Å². The number of ether oxygens (including phenoxy) is 2. The van der Waals surface area contributed by atoms with E-state index in [2.05, 4.69) is 15.6 Å². The van der Waals surface area contributed by atoms with Crippen LogP contribution in [-0.2, 0) is 22.7 Å². The van der Waals surface area contributed by atoms with E-state index in [9.17, 15) is 14.0 Å². The molecule has 2 heterocycles. The monoisotopic (exact) mass is 571 g/mol. The molecule has 1 aliphatic rings. The van der Waals surface area contributed by atoms with Crippen LogP contribution in [0.4, 0.5) is 10.1 Å². The Labute approximate surface area is 239 Å². The van der Waals surface area contributed by atoms with E-state index in [4.69, 9.17) is 21.1 Å². The Bertz CT molecular complexity index is 1740. The van der Waals surface area contributed by atoms with Crippen molar-refractivity contribution in [3.8, 4) is 11.5 Å². The smallest absolute Gasteiger partial charge is 0.251 e. The number of nitrogens with zero attached hydrogens (tertiary/aromatic N) is 4. The summed E-state index contributed by atoms with van der Waals surface area (Å²) in [6.07, 6.45) is 0. The van der Waals surface area contributed by atoms with Crippen LogP contribution in [0.25, 0.3) is 11.0 Å². The van der Waals surface area contributed by atoms with Gasteiger partial charge in [0.1, 0.15) is 23.9 Å². The second-order valence-electron chi connectivity index (χ2n) is 9.36. The fourth-order valence-electron chi connectivity index (χ4n) is 4.69. The van der Waals surface area contributed by atoms with E-state index in [0.29, 0.717) is 38.8 Å². The van der Waals surface area contributed by atoms with Gasteiger partial charge in [-0.15, -0.1) is 5.10 Å². The van der Waals surface area contributed by atoms with Crippen LogP contribution in [0.15, 0.2) is 91.0 Å². The molecule has 0 radical (unpaired) electrons. The number of anilines is 1. The van der Waals surface area contributed by atoms with Gasteiger partial charge in [-0.05, 0) is 48.0 Å². The van der Waals surface area contributed by atoms with Crippen molar-refractivity contribution >= 4 is 40.1 Å². The number of benzene rings is 4. The Morgan fingerprint density at radius 1 is 0.976 bits per heavy atom. The summed E-state index contributed by atoms with van der Waals surface area (Å²) in [5.74, 6) is -0.427. The van der Waals surface area contributed by atoms with Crippen LogP contribution in [0.3, 0.4) is 0 Å². The molecule has 0 saturated carbocycles. The predicted molar refractivity (Wildman–Crippen MR) is 150 cm³/mol. The van der Waals surface area contributed by atoms with Gasteiger partial charge in [0.05, 0.1) is 5.52 Å². The molecule has 0 aliphatic carbocycles. The average Bonchev–Trinajstić information content (AvgIpc) is 3.61. The number of aromatic nitrogens is 3. The van der Waals surface area contributed by atoms with Crippen molar-refractivity contribution < 1.29 is 23.5 Å². The molecule has 2 amide bonds. The number of amides is 2. The molecule has 0 unspecified atom stereocenters. The number of fused-ring (bicyclic) bond motifs is 2. The Morgan fingerprint density at radius 2 is 1.73 bits per heavy atom. The second kappa shape index (κ2) is 11.3. The summed E-state index contributed by atoms with van der Waals surface area (Å²) < 4.78 is 27.1. The standard InChI is InChI=1S/C30H23ClFN5O4/c31-21-11-9-19(10-12-21)29(30(39)33-22-13-14-26-27(15-22)41-18-40-26)36(16-20-5-1-2-6-23(20)32)28(38)17-37-25-8-4-3-7-24(25)34-35-37/h1-15,29H,16-18H2,(H,33,39)/t29-/m0/s1. The lowest BCUT2D eigenvalue weighted by Crippen LogP contribution is -2.42. The third-order valence-corrected chi connectivity index (χ3v) is 6.96. The quantitative estimate of drug-likeness (QED) is 0.269. The van der Waals surface area contributed by atoms with Gasteiger partial charge >= 0.3 is 0 Å². The van der Waals surface area contributed by atoms with Gasteiger partial charge in [0.15, 0.2) is 11.5 Å². The van der Waals surface area contributed by atoms with Gasteiger partial charge in [-0.2, -0.15) is 0 Å². The Hall–Kier alpha value is -4.96. The molecule has 1 atom stereocenters. The van der Waals surface area contributed by atoms with Gasteiger partial charge in [0.2, 0.25) is 12.7 Å². The highest BCUT2D eigenvalue weighted by atomic mass is 35.5. The summed E-state index contributed by atoms with van der Waals surface area (Å²) in [5.41, 5.74) is 2.45. The van der Waals surface area contributed by atoms with Crippen LogP contribution >= 0.6 is 11.6 Å². The third kappa shape index (κ3) is 5.55. The normalized spacial score (nSPS) is 12.7. The summed E-state index contributed by atoms with van der Waals surface area (Å²) in [6, 6.07) is 23.8. The van der Waals surface area contributed by atoms with Gasteiger partial charge in [0, 0.05) is 28.9 Å². The number of halogens is 2. The first-order valence-electron chi connectivity index (χ1n) is 12.7. The van der Waals surface area contributed by atoms with Crippen LogP contribution in [-0.4, -0.2) is 38.5 Å². The summed E-state index contributed by atoms with van der Waals surface area (Å²) in [7, 11) is 0. The molecule has 11 heteroatoms. The minimum Gasteiger partial charge on any atom is -0.454 e. The van der Waals surface area contributed by atoms with E-state index in [1.165, 1.54) is 15.6 Å². The van der Waals surface area contributed by atoms with Crippen molar-refractivity contribution in [3.63, 3.8) is 0 Å². The molecule has 1 N–H and O–H groups in total. The molecule has 1 aromatic heterocycles. The van der Waals surface area contributed by atoms with Gasteiger partial charge < -0.3 is 19.7 Å². The molecule has 0 spiro atoms. The lowest BCUT2D eigenvalue weighted by Gasteiger charge is -2.32. The molecule has 0 bridgehead atoms. The lowest BCUT2D eigenvalue weighted by molar-refractivity contribution is -0.140. The first-order valence-corrected chi connectivity index (χ1v) is 13.1. The zero-order valence-corrected chi connectivity index (χ0v) is 22.3. The highest BCUT2D eigenvalue weighted by Crippen LogP contribution is 2.35. The minimum absolute atomic E-state index is 0.0853. The van der Waals surface area contributed by atoms with Crippen LogP contribution < -0.4 is 14.8 Å². The van der Waals surface area contributed by atoms with E-state index in [0.717, 1.165) is 0 Å². The molecule has 1 aliphatic heterocycles. The maximum Gasteiger partial charge on any atom is 0.251 e. The minimum atomic E-state index is -1.15. The van der Waals surface area contributed by atoms with Crippen LogP contribution in [0.2, 0.25) is 5.02 Å². The van der Waals surface area contributed by atoms with Gasteiger partial charge in [-0.3, -0.25) is 9.59 Å². The molecule has 6 rings (SSSR count). The fraction of sp³-hybridized carbons (Fsp3) is 0.133. The van der Waals surface area contributed by atoms with E-state index >= 15 is 0 Å². The first-order chi connectivity index (χ1) is 20.0. The second-order valence-corrected chi connectivity index (χ2v) is 9.80. The lowest BCUT2D eigenvalue weighted by atomic mass is 10.0. The number of nitrogens with one attached hydrogen (secondary N) is 1. The number of carbonyl (C=O) groups is 2. The molecule has 5 aromatic rings. The molecular formula is C30H23ClFN5O4. The molecule has 206 valence electrons. The Kier molecular flexibility index (Phi) is 7.22. The van der Waals surface area contributed by atoms with E-state index in [1.807, 2.05) is 12.1 Å². The van der Waals surface area contributed by atoms with Gasteiger partial charge in [-0.25, -0.2) is 9.07 Å². The summed E-state index contributed by atoms with van der Waals surface area (Å²) >= 11 is 6.15. The van der Waals surface area contributed by atoms with E-state index < -0.39 is 23.7 Å². The average molecular weight is 572 g/mol. The van der Waals surface area contributed by atoms with Crippen LogP contribution in [0, 0.1) is 5.82 Å². The zero-order chi connectivity index (χ0) is 28.3. The molecule has 9 nitrogen and oxygen atoms in total. The maximum atomic E-state index is 14.9. The van der Waals surface area contributed by atoms with Crippen molar-refractivity contribution in [2.45, 2.75) is 19.1 Å². The number of hydrogen-bond donors (Lipinski definition) is 1. The van der Waals surface area contributed by atoms with Crippen molar-refractivity contribution in [2.24, 2.45) is 0 Å². The topological polar surface area (TPSA) is 98.6 Å². The number of rotatable bonds is 8. The summed E-state index contributed by atoms with van der Waals surface area (Å²) in [6.45, 7) is -0.321. The van der Waals surface area contributed by atoms with Gasteiger partial charge in [0.25, 0.3) is 5.91 Å². The van der Waals surface area contributed by atoms with E-state index in [1.54, 1.807) is 72.8 Å². The molecule has 0 saturated heterocycles. The highest BCUT2D eigenvalue weighted by molar-refractivity contribution is 6.30. The van der Waals surface area contributed by atoms with Gasteiger partial charge in [-0.1, -0.05) is 59.3 Å². The number of para-hydroxylation sites is 1. The first kappa shape index (κ1) is 26.3. The van der Waals surface area contributed by atoms with Crippen molar-refractivity contribution in [1.29, 1.82) is 0 Å². The molecule has 4 aromatic carbocycles. The Balaban J connectivity index is 1.39. The van der Waals surface area contributed by atoms with Crippen LogP contribution in [0.5, 0.6) is 11.5 Å². The number of carbonyl (C=O) groups excluding carboxylic acids is 2. The van der Waals surface area contributed by atoms with Crippen LogP contribution in [0.1, 0.15) is 17.2 Å². The fourth-order valence-corrected chi connectivity index (χ4v) is 4.82.